The number of fused-ring (bicyclic) bond motifs is 3. The summed E-state index contributed by atoms with van der Waals surface area (Å²) in [5.74, 6) is 2.43. The molecule has 1 aliphatic carbocycles. The van der Waals surface area contributed by atoms with Gasteiger partial charge in [0.05, 0.1) is 5.69 Å². The molecule has 1 N–H and O–H groups in total. The number of nitrogens with zero attached hydrogens (tertiary/aromatic N) is 3. The first-order valence-corrected chi connectivity index (χ1v) is 11.1. The number of likely N-dealkylation sites (tertiary alicyclic amines) is 1. The molecule has 2 amide bonds. The number of amides is 2. The molecule has 3 heterocycles. The van der Waals surface area contributed by atoms with Crippen molar-refractivity contribution in [1.29, 1.82) is 0 Å². The van der Waals surface area contributed by atoms with E-state index in [1.165, 1.54) is 24.0 Å². The standard InChI is InChI=1S/C23H30N4O4/c1-13-21(28)25-24-20-12-30-19-9-17(15-5-6-15)16(8-18(19)27(13)20)7-14-10-26(11-14)22(29)31-23(2,3)4/h8-9,13-15H,5-7,10-12H2,1-4H3,(H,25,28)/t13-/m0/s1. The van der Waals surface area contributed by atoms with E-state index in [4.69, 9.17) is 9.47 Å². The van der Waals surface area contributed by atoms with Crippen LogP contribution in [0.3, 0.4) is 0 Å². The lowest BCUT2D eigenvalue weighted by molar-refractivity contribution is -0.122. The maximum absolute atomic E-state index is 12.3. The van der Waals surface area contributed by atoms with Crippen molar-refractivity contribution in [2.75, 3.05) is 24.6 Å². The second kappa shape index (κ2) is 7.14. The summed E-state index contributed by atoms with van der Waals surface area (Å²) in [4.78, 5) is 28.2. The number of rotatable bonds is 3. The van der Waals surface area contributed by atoms with E-state index in [0.29, 0.717) is 31.5 Å². The first-order valence-electron chi connectivity index (χ1n) is 11.1. The van der Waals surface area contributed by atoms with Crippen LogP contribution in [0, 0.1) is 5.92 Å². The van der Waals surface area contributed by atoms with Crippen LogP contribution in [0.15, 0.2) is 17.2 Å². The van der Waals surface area contributed by atoms with Gasteiger partial charge in [0, 0.05) is 13.1 Å². The number of hydrogen-bond donors (Lipinski definition) is 1. The lowest BCUT2D eigenvalue weighted by Crippen LogP contribution is -2.55. The molecule has 0 unspecified atom stereocenters. The van der Waals surface area contributed by atoms with Crippen molar-refractivity contribution in [3.05, 3.63) is 23.3 Å². The number of carbonyl (C=O) groups is 2. The Morgan fingerprint density at radius 1 is 1.29 bits per heavy atom. The third-order valence-electron chi connectivity index (χ3n) is 6.31. The average molecular weight is 427 g/mol. The van der Waals surface area contributed by atoms with Gasteiger partial charge in [-0.3, -0.25) is 4.79 Å². The molecule has 1 aromatic rings. The van der Waals surface area contributed by atoms with Crippen molar-refractivity contribution in [1.82, 2.24) is 10.3 Å². The molecule has 8 heteroatoms. The van der Waals surface area contributed by atoms with Crippen LogP contribution in [0.2, 0.25) is 0 Å². The molecule has 1 aromatic carbocycles. The van der Waals surface area contributed by atoms with E-state index >= 15 is 0 Å². The molecule has 4 aliphatic rings. The summed E-state index contributed by atoms with van der Waals surface area (Å²) in [6, 6.07) is 4.02. The van der Waals surface area contributed by atoms with Crippen LogP contribution in [0.4, 0.5) is 10.5 Å². The smallest absolute Gasteiger partial charge is 0.410 e. The van der Waals surface area contributed by atoms with Crippen molar-refractivity contribution in [3.8, 4) is 5.75 Å². The highest BCUT2D eigenvalue weighted by Gasteiger charge is 2.39. The Bertz CT molecular complexity index is 957. The highest BCUT2D eigenvalue weighted by molar-refractivity contribution is 6.09. The molecule has 0 bridgehead atoms. The van der Waals surface area contributed by atoms with Crippen LogP contribution in [-0.4, -0.2) is 54.1 Å². The average Bonchev–Trinajstić information content (AvgIpc) is 3.49. The largest absolute Gasteiger partial charge is 0.483 e. The Morgan fingerprint density at radius 2 is 2.03 bits per heavy atom. The first-order chi connectivity index (χ1) is 14.7. The van der Waals surface area contributed by atoms with E-state index < -0.39 is 5.60 Å². The highest BCUT2D eigenvalue weighted by Crippen LogP contribution is 2.47. The molecule has 0 spiro atoms. The number of anilines is 1. The van der Waals surface area contributed by atoms with E-state index in [-0.39, 0.29) is 18.0 Å². The Kier molecular flexibility index (Phi) is 4.64. The second-order valence-electron chi connectivity index (χ2n) is 10.1. The van der Waals surface area contributed by atoms with Gasteiger partial charge in [0.25, 0.3) is 5.91 Å². The zero-order valence-corrected chi connectivity index (χ0v) is 18.6. The number of nitrogens with one attached hydrogen (secondary N) is 1. The minimum Gasteiger partial charge on any atom is -0.483 e. The van der Waals surface area contributed by atoms with Gasteiger partial charge in [-0.1, -0.05) is 0 Å². The Balaban J connectivity index is 1.36. The predicted octanol–water partition coefficient (Wildman–Crippen LogP) is 3.00. The molecular formula is C23H30N4O4. The minimum atomic E-state index is -0.476. The SMILES string of the molecule is C[C@H]1C(=O)NN=C2COc3cc(C4CC4)c(CC4CN(C(=O)OC(C)(C)C)C4)cc3N21. The maximum Gasteiger partial charge on any atom is 0.410 e. The molecule has 5 rings (SSSR count). The van der Waals surface area contributed by atoms with Crippen molar-refractivity contribution in [2.24, 2.45) is 11.0 Å². The normalized spacial score (nSPS) is 23.2. The third kappa shape index (κ3) is 3.83. The van der Waals surface area contributed by atoms with Crippen LogP contribution in [0.1, 0.15) is 57.6 Å². The monoisotopic (exact) mass is 426 g/mol. The lowest BCUT2D eigenvalue weighted by atomic mass is 9.88. The summed E-state index contributed by atoms with van der Waals surface area (Å²) in [6.45, 7) is 9.33. The second-order valence-corrected chi connectivity index (χ2v) is 10.1. The Morgan fingerprint density at radius 3 is 2.71 bits per heavy atom. The number of hydrazone groups is 1. The summed E-state index contributed by atoms with van der Waals surface area (Å²) >= 11 is 0. The molecule has 0 radical (unpaired) electrons. The van der Waals surface area contributed by atoms with Crippen molar-refractivity contribution < 1.29 is 19.1 Å². The van der Waals surface area contributed by atoms with Crippen molar-refractivity contribution in [2.45, 2.75) is 64.5 Å². The quantitative estimate of drug-likeness (QED) is 0.803. The Hall–Kier alpha value is -2.77. The van der Waals surface area contributed by atoms with Gasteiger partial charge < -0.3 is 19.3 Å². The maximum atomic E-state index is 12.3. The van der Waals surface area contributed by atoms with Gasteiger partial charge in [-0.05, 0) is 82.1 Å². The molecule has 3 aliphatic heterocycles. The molecule has 31 heavy (non-hydrogen) atoms. The van der Waals surface area contributed by atoms with E-state index in [1.807, 2.05) is 32.6 Å². The highest BCUT2D eigenvalue weighted by atomic mass is 16.6. The number of carbonyl (C=O) groups excluding carboxylic acids is 2. The fourth-order valence-electron chi connectivity index (χ4n) is 4.57. The predicted molar refractivity (Wildman–Crippen MR) is 116 cm³/mol. The first kappa shape index (κ1) is 20.2. The summed E-state index contributed by atoms with van der Waals surface area (Å²) in [7, 11) is 0. The van der Waals surface area contributed by atoms with Crippen molar-refractivity contribution >= 4 is 23.5 Å². The minimum absolute atomic E-state index is 0.114. The Labute approximate surface area is 182 Å². The number of hydrogen-bond acceptors (Lipinski definition) is 6. The molecule has 1 saturated heterocycles. The van der Waals surface area contributed by atoms with Crippen LogP contribution < -0.4 is 15.1 Å². The summed E-state index contributed by atoms with van der Waals surface area (Å²) < 4.78 is 11.5. The van der Waals surface area contributed by atoms with E-state index in [0.717, 1.165) is 23.7 Å². The zero-order chi connectivity index (χ0) is 21.9. The van der Waals surface area contributed by atoms with Gasteiger partial charge in [0.2, 0.25) is 0 Å². The third-order valence-corrected chi connectivity index (χ3v) is 6.31. The van der Waals surface area contributed by atoms with E-state index in [2.05, 4.69) is 22.7 Å². The topological polar surface area (TPSA) is 83.5 Å². The van der Waals surface area contributed by atoms with Crippen LogP contribution in [0.25, 0.3) is 0 Å². The number of benzene rings is 1. The molecule has 0 aromatic heterocycles. The molecule has 166 valence electrons. The van der Waals surface area contributed by atoms with Gasteiger partial charge in [-0.15, -0.1) is 0 Å². The van der Waals surface area contributed by atoms with Gasteiger partial charge in [0.15, 0.2) is 5.84 Å². The van der Waals surface area contributed by atoms with Gasteiger partial charge in [-0.25, -0.2) is 10.2 Å². The molecule has 8 nitrogen and oxygen atoms in total. The van der Waals surface area contributed by atoms with Gasteiger partial charge in [0.1, 0.15) is 24.0 Å². The molecule has 2 fully saturated rings. The van der Waals surface area contributed by atoms with Crippen LogP contribution in [0.5, 0.6) is 5.75 Å². The number of amidine groups is 1. The van der Waals surface area contributed by atoms with Crippen LogP contribution >= 0.6 is 0 Å². The summed E-state index contributed by atoms with van der Waals surface area (Å²) in [6.07, 6.45) is 3.07. The molecule has 1 atom stereocenters. The molecular weight excluding hydrogens is 396 g/mol. The van der Waals surface area contributed by atoms with E-state index in [1.54, 1.807) is 4.90 Å². The lowest BCUT2D eigenvalue weighted by Gasteiger charge is -2.41. The zero-order valence-electron chi connectivity index (χ0n) is 18.6. The summed E-state index contributed by atoms with van der Waals surface area (Å²) in [5.41, 5.74) is 5.65. The number of ether oxygens (including phenoxy) is 2. The van der Waals surface area contributed by atoms with Gasteiger partial charge >= 0.3 is 6.09 Å². The fourth-order valence-corrected chi connectivity index (χ4v) is 4.57. The van der Waals surface area contributed by atoms with E-state index in [9.17, 15) is 9.59 Å². The van der Waals surface area contributed by atoms with Crippen LogP contribution in [-0.2, 0) is 16.0 Å². The summed E-state index contributed by atoms with van der Waals surface area (Å²) in [5, 5.41) is 4.19. The molecule has 1 saturated carbocycles. The van der Waals surface area contributed by atoms with Gasteiger partial charge in [-0.2, -0.15) is 5.10 Å². The van der Waals surface area contributed by atoms with Crippen molar-refractivity contribution in [3.63, 3.8) is 0 Å². The fraction of sp³-hybridized carbons (Fsp3) is 0.609.